The van der Waals surface area contributed by atoms with Crippen LogP contribution in [0.2, 0.25) is 0 Å². The summed E-state index contributed by atoms with van der Waals surface area (Å²) >= 11 is 0. The van der Waals surface area contributed by atoms with Crippen LogP contribution >= 0.6 is 0 Å². The van der Waals surface area contributed by atoms with Crippen molar-refractivity contribution in [3.63, 3.8) is 0 Å². The lowest BCUT2D eigenvalue weighted by molar-refractivity contribution is -0.142. The van der Waals surface area contributed by atoms with Crippen molar-refractivity contribution in [2.45, 2.75) is 12.4 Å². The molecular formula is C99H57F6N15. The Morgan fingerprint density at radius 1 is 0.242 bits per heavy atom. The van der Waals surface area contributed by atoms with Gasteiger partial charge in [-0.1, -0.05) is 224 Å². The number of benzene rings is 14. The molecular weight excluding hydrogens is 1510 g/mol. The number of alkyl halides is 6. The number of fused-ring (bicyclic) bond motifs is 6. The molecule has 0 N–H and O–H groups in total. The molecule has 0 radical (unpaired) electrons. The molecule has 0 saturated heterocycles. The van der Waals surface area contributed by atoms with E-state index in [1.54, 1.807) is 30.3 Å². The molecule has 0 saturated carbocycles. The first-order valence-corrected chi connectivity index (χ1v) is 38.2. The van der Waals surface area contributed by atoms with Gasteiger partial charge >= 0.3 is 12.4 Å². The summed E-state index contributed by atoms with van der Waals surface area (Å²) in [5, 5.41) is 13.8. The van der Waals surface area contributed by atoms with E-state index in [2.05, 4.69) is 11.1 Å². The Bertz CT molecular complexity index is 7080. The first-order chi connectivity index (χ1) is 58.7. The predicted molar refractivity (Wildman–Crippen MR) is 454 cm³/mol. The van der Waals surface area contributed by atoms with Crippen LogP contribution in [-0.4, -0.2) is 68.9 Å². The third-order valence-electron chi connectivity index (χ3n) is 21.1. The van der Waals surface area contributed by atoms with E-state index >= 15 is 13.2 Å². The highest BCUT2D eigenvalue weighted by atomic mass is 19.4. The summed E-state index contributed by atoms with van der Waals surface area (Å²) in [6.45, 7) is 0. The Hall–Kier alpha value is -16.2. The molecule has 0 spiro atoms. The number of hydrogen-bond acceptors (Lipinski definition) is 13. The minimum absolute atomic E-state index is 0.106. The fourth-order valence-electron chi connectivity index (χ4n) is 15.5. The molecule has 0 aliphatic rings. The van der Waals surface area contributed by atoms with Crippen molar-refractivity contribution in [3.05, 3.63) is 363 Å². The second-order valence-electron chi connectivity index (χ2n) is 28.5. The van der Waals surface area contributed by atoms with E-state index in [1.807, 2.05) is 294 Å². The lowest BCUT2D eigenvalue weighted by Gasteiger charge is -2.22. The summed E-state index contributed by atoms with van der Waals surface area (Å²) in [5.41, 5.74) is 7.66. The zero-order valence-corrected chi connectivity index (χ0v) is 62.9. The van der Waals surface area contributed by atoms with Crippen LogP contribution in [0.25, 0.3) is 203 Å². The summed E-state index contributed by atoms with van der Waals surface area (Å²) in [5.74, 6) is 4.42. The normalized spacial score (nSPS) is 11.7. The highest BCUT2D eigenvalue weighted by Crippen LogP contribution is 2.49. The Labute approximate surface area is 680 Å². The Balaban J connectivity index is 0.845. The van der Waals surface area contributed by atoms with Gasteiger partial charge in [0, 0.05) is 94.0 Å². The Kier molecular flexibility index (Phi) is 18.1. The van der Waals surface area contributed by atoms with Gasteiger partial charge in [-0.2, -0.15) is 31.6 Å². The molecule has 6 aromatic heterocycles. The largest absolute Gasteiger partial charge is 0.417 e. The standard InChI is InChI=1S/C99H57F6N15/c100-98(101,102)71-41-43-74(81(55-71)99(103,104)105)73-44-42-72(119-82-46-38-68(95-113-89(61-24-10-2-11-25-61)110-90(114-95)62-26-12-3-13-27-62)52-77(82)78-53-69(39-47-83(78)119)96-115-91(63-28-14-4-15-29-63)111-92(116-96)64-30-16-5-17-31-64)56-75(73)76-50-59(57-106)36-45-84(76)120-85-48-37-67(88-108-58-107-87(109-88)60-22-8-1-9-23-60)51-79(85)80-54-70(40-49-86(80)120)97-117-93(65-32-18-6-19-33-65)112-94(118-97)66-34-20-7-21-35-66/h1-56,58H. The fraction of sp³-hybridized carbons (Fsp3) is 0.0202. The molecule has 0 fully saturated rings. The molecule has 20 rings (SSSR count). The minimum Gasteiger partial charge on any atom is -0.309 e. The molecule has 0 bridgehead atoms. The zero-order valence-electron chi connectivity index (χ0n) is 62.9. The van der Waals surface area contributed by atoms with E-state index in [4.69, 9.17) is 54.8 Å². The Morgan fingerprint density at radius 2 is 0.550 bits per heavy atom. The van der Waals surface area contributed by atoms with Crippen molar-refractivity contribution in [1.82, 2.24) is 68.9 Å². The smallest absolute Gasteiger partial charge is 0.309 e. The lowest BCUT2D eigenvalue weighted by Crippen LogP contribution is -2.12. The first-order valence-electron chi connectivity index (χ1n) is 38.2. The number of nitriles is 1. The van der Waals surface area contributed by atoms with E-state index < -0.39 is 29.0 Å². The molecule has 0 amide bonds. The Morgan fingerprint density at radius 3 is 0.892 bits per heavy atom. The van der Waals surface area contributed by atoms with E-state index in [1.165, 1.54) is 12.4 Å². The van der Waals surface area contributed by atoms with Gasteiger partial charge in [-0.05, 0) is 132 Å². The molecule has 0 aliphatic heterocycles. The van der Waals surface area contributed by atoms with Crippen LogP contribution in [0.4, 0.5) is 26.3 Å². The van der Waals surface area contributed by atoms with E-state index in [0.717, 1.165) is 45.0 Å². The summed E-state index contributed by atoms with van der Waals surface area (Å²) in [4.78, 5) is 60.0. The number of aromatic nitrogens is 14. The van der Waals surface area contributed by atoms with Gasteiger partial charge in [0.2, 0.25) is 0 Å². The van der Waals surface area contributed by atoms with Crippen molar-refractivity contribution < 1.29 is 26.3 Å². The van der Waals surface area contributed by atoms with Gasteiger partial charge in [-0.3, -0.25) is 0 Å². The van der Waals surface area contributed by atoms with Crippen molar-refractivity contribution >= 4 is 43.6 Å². The zero-order chi connectivity index (χ0) is 81.2. The number of rotatable bonds is 15. The van der Waals surface area contributed by atoms with Gasteiger partial charge in [0.1, 0.15) is 6.33 Å². The summed E-state index contributed by atoms with van der Waals surface area (Å²) in [6, 6.07) is 104. The van der Waals surface area contributed by atoms with Gasteiger partial charge in [-0.15, -0.1) is 0 Å². The third-order valence-corrected chi connectivity index (χ3v) is 21.1. The number of nitrogens with zero attached hydrogens (tertiary/aromatic N) is 15. The lowest BCUT2D eigenvalue weighted by atomic mass is 9.88. The molecule has 570 valence electrons. The monoisotopic (exact) mass is 1570 g/mol. The van der Waals surface area contributed by atoms with Crippen LogP contribution in [-0.2, 0) is 12.4 Å². The minimum atomic E-state index is -5.33. The fourth-order valence-corrected chi connectivity index (χ4v) is 15.5. The molecule has 120 heavy (non-hydrogen) atoms. The maximum absolute atomic E-state index is 16.2. The molecule has 6 heterocycles. The molecule has 0 unspecified atom stereocenters. The molecule has 14 aromatic carbocycles. The quantitative estimate of drug-likeness (QED) is 0.0883. The second-order valence-corrected chi connectivity index (χ2v) is 28.5. The van der Waals surface area contributed by atoms with Crippen LogP contribution in [0.1, 0.15) is 16.7 Å². The topological polar surface area (TPSA) is 188 Å². The highest BCUT2D eigenvalue weighted by Gasteiger charge is 2.39. The van der Waals surface area contributed by atoms with Crippen LogP contribution < -0.4 is 0 Å². The maximum atomic E-state index is 16.2. The van der Waals surface area contributed by atoms with Crippen molar-refractivity contribution in [3.8, 4) is 165 Å². The van der Waals surface area contributed by atoms with E-state index in [-0.39, 0.29) is 28.3 Å². The number of hydrogen-bond donors (Lipinski definition) is 0. The summed E-state index contributed by atoms with van der Waals surface area (Å²) < 4.78 is 97.2. The van der Waals surface area contributed by atoms with Crippen molar-refractivity contribution in [2.24, 2.45) is 0 Å². The van der Waals surface area contributed by atoms with Crippen molar-refractivity contribution in [2.75, 3.05) is 0 Å². The van der Waals surface area contributed by atoms with Gasteiger partial charge in [0.15, 0.2) is 64.1 Å². The highest BCUT2D eigenvalue weighted by molar-refractivity contribution is 6.14. The van der Waals surface area contributed by atoms with Gasteiger partial charge < -0.3 is 9.13 Å². The summed E-state index contributed by atoms with van der Waals surface area (Å²) in [7, 11) is 0. The van der Waals surface area contributed by atoms with Crippen LogP contribution in [0.15, 0.2) is 346 Å². The first kappa shape index (κ1) is 72.7. The number of halogens is 6. The SMILES string of the molecule is N#Cc1ccc(-n2c3ccc(-c4ncnc(-c5ccccc5)n4)cc3c3cc(-c4nc(-c5ccccc5)nc(-c5ccccc5)n4)ccc32)c(-c2cc(-n3c4ccc(-c5nc(-c6ccccc6)nc(-c6ccccc6)n5)cc4c4cc(-c5nc(-c6ccccc6)nc(-c6ccccc6)n5)ccc43)ccc2-c2ccc(C(F)(F)F)cc2C(F)(F)F)c1. The van der Waals surface area contributed by atoms with Crippen LogP contribution in [0.5, 0.6) is 0 Å². The predicted octanol–water partition coefficient (Wildman–Crippen LogP) is 24.2. The van der Waals surface area contributed by atoms with Crippen LogP contribution in [0.3, 0.4) is 0 Å². The summed E-state index contributed by atoms with van der Waals surface area (Å²) in [6.07, 6.45) is -9.04. The van der Waals surface area contributed by atoms with E-state index in [9.17, 15) is 18.4 Å². The molecule has 20 aromatic rings. The molecule has 0 atom stereocenters. The van der Waals surface area contributed by atoms with E-state index in [0.29, 0.717) is 147 Å². The molecule has 21 heteroatoms. The molecule has 0 aliphatic carbocycles. The molecule has 15 nitrogen and oxygen atoms in total. The van der Waals surface area contributed by atoms with Gasteiger partial charge in [0.05, 0.1) is 50.5 Å². The average molecular weight is 1570 g/mol. The average Bonchev–Trinajstić information content (AvgIpc) is 1.56. The maximum Gasteiger partial charge on any atom is 0.417 e. The van der Waals surface area contributed by atoms with Crippen LogP contribution in [0, 0.1) is 11.3 Å². The van der Waals surface area contributed by atoms with Crippen molar-refractivity contribution in [1.29, 1.82) is 5.26 Å². The second kappa shape index (κ2) is 29.9. The van der Waals surface area contributed by atoms with Gasteiger partial charge in [0.25, 0.3) is 0 Å². The third kappa shape index (κ3) is 13.7. The van der Waals surface area contributed by atoms with Gasteiger partial charge in [-0.25, -0.2) is 59.8 Å².